The van der Waals surface area contributed by atoms with E-state index >= 15 is 0 Å². The molecule has 0 fully saturated rings. The second-order valence-corrected chi connectivity index (χ2v) is 7.27. The lowest BCUT2D eigenvalue weighted by atomic mass is 10.1. The molecule has 1 unspecified atom stereocenters. The van der Waals surface area contributed by atoms with Crippen molar-refractivity contribution in [3.8, 4) is 11.1 Å². The molecule has 0 bridgehead atoms. The molecule has 2 aromatic carbocycles. The van der Waals surface area contributed by atoms with E-state index in [-0.39, 0.29) is 18.2 Å². The number of carbonyl (C=O) groups excluding carboxylic acids is 2. The number of amides is 2. The first kappa shape index (κ1) is 18.3. The summed E-state index contributed by atoms with van der Waals surface area (Å²) in [6.45, 7) is 3.78. The average molecular weight is 395 g/mol. The minimum Gasteiger partial charge on any atom is -0.326 e. The van der Waals surface area contributed by atoms with Crippen molar-refractivity contribution < 1.29 is 9.59 Å². The number of benzene rings is 2. The summed E-state index contributed by atoms with van der Waals surface area (Å²) in [5.41, 5.74) is 4.19. The zero-order valence-corrected chi connectivity index (χ0v) is 16.2. The molecule has 1 aromatic heterocycles. The third-order valence-corrected chi connectivity index (χ3v) is 5.07. The second kappa shape index (κ2) is 7.13. The standard InChI is InChI=1S/C21H19ClN4O2/c1-12-8-9-15(22)10-16(12)23-18(27)11-17-21(28)24-20-19(13(2)25-26(17)20)14-6-4-3-5-7-14/h3-10,17H,11H2,1-2H3,(H,23,27)(H,24,28). The second-order valence-electron chi connectivity index (χ2n) is 6.84. The van der Waals surface area contributed by atoms with Gasteiger partial charge in [-0.2, -0.15) is 5.10 Å². The Morgan fingerprint density at radius 1 is 1.21 bits per heavy atom. The molecule has 0 aliphatic carbocycles. The van der Waals surface area contributed by atoms with E-state index in [0.29, 0.717) is 16.5 Å². The summed E-state index contributed by atoms with van der Waals surface area (Å²) < 4.78 is 1.62. The van der Waals surface area contributed by atoms with Crippen molar-refractivity contribution >= 4 is 34.9 Å². The number of aryl methyl sites for hydroxylation is 2. The van der Waals surface area contributed by atoms with Gasteiger partial charge in [0.05, 0.1) is 12.1 Å². The van der Waals surface area contributed by atoms with E-state index in [0.717, 1.165) is 22.4 Å². The molecule has 4 rings (SSSR count). The number of fused-ring (bicyclic) bond motifs is 1. The minimum absolute atomic E-state index is 0.0138. The minimum atomic E-state index is -0.689. The molecule has 142 valence electrons. The van der Waals surface area contributed by atoms with Gasteiger partial charge in [-0.05, 0) is 37.1 Å². The Morgan fingerprint density at radius 2 is 1.96 bits per heavy atom. The molecule has 1 atom stereocenters. The van der Waals surface area contributed by atoms with Gasteiger partial charge in [0.25, 0.3) is 5.91 Å². The van der Waals surface area contributed by atoms with Gasteiger partial charge in [0, 0.05) is 16.3 Å². The van der Waals surface area contributed by atoms with Crippen LogP contribution < -0.4 is 10.6 Å². The number of nitrogens with zero attached hydrogens (tertiary/aromatic N) is 2. The molecule has 2 N–H and O–H groups in total. The van der Waals surface area contributed by atoms with Crippen molar-refractivity contribution in [2.24, 2.45) is 0 Å². The highest BCUT2D eigenvalue weighted by Gasteiger charge is 2.36. The number of hydrogen-bond acceptors (Lipinski definition) is 3. The zero-order valence-electron chi connectivity index (χ0n) is 15.5. The lowest BCUT2D eigenvalue weighted by Gasteiger charge is -2.12. The van der Waals surface area contributed by atoms with Crippen molar-refractivity contribution in [3.05, 3.63) is 64.8 Å². The summed E-state index contributed by atoms with van der Waals surface area (Å²) in [6, 6.07) is 14.4. The van der Waals surface area contributed by atoms with Crippen LogP contribution in [0.4, 0.5) is 11.5 Å². The van der Waals surface area contributed by atoms with E-state index in [2.05, 4.69) is 15.7 Å². The van der Waals surface area contributed by atoms with E-state index in [1.807, 2.05) is 50.2 Å². The molecular formula is C21H19ClN4O2. The zero-order chi connectivity index (χ0) is 19.8. The van der Waals surface area contributed by atoms with Crippen LogP contribution in [0.5, 0.6) is 0 Å². The SMILES string of the molecule is Cc1ccc(Cl)cc1NC(=O)CC1C(=O)Nc2c(-c3ccccc3)c(C)nn21. The summed E-state index contributed by atoms with van der Waals surface area (Å²) >= 11 is 6.01. The molecule has 7 heteroatoms. The fraction of sp³-hybridized carbons (Fsp3) is 0.190. The van der Waals surface area contributed by atoms with Gasteiger partial charge in [-0.3, -0.25) is 9.59 Å². The first-order chi connectivity index (χ1) is 13.4. The first-order valence-electron chi connectivity index (χ1n) is 8.95. The number of halogens is 1. The van der Waals surface area contributed by atoms with Gasteiger partial charge in [-0.25, -0.2) is 4.68 Å². The van der Waals surface area contributed by atoms with Gasteiger partial charge in [0.15, 0.2) is 0 Å². The summed E-state index contributed by atoms with van der Waals surface area (Å²) in [5, 5.41) is 10.8. The highest BCUT2D eigenvalue weighted by atomic mass is 35.5. The van der Waals surface area contributed by atoms with Crippen molar-refractivity contribution in [3.63, 3.8) is 0 Å². The van der Waals surface area contributed by atoms with Crippen LogP contribution in [0.1, 0.15) is 23.7 Å². The molecule has 2 heterocycles. The van der Waals surface area contributed by atoms with Crippen LogP contribution in [-0.2, 0) is 9.59 Å². The molecule has 2 amide bonds. The normalized spacial score (nSPS) is 15.2. The van der Waals surface area contributed by atoms with Gasteiger partial charge < -0.3 is 10.6 Å². The molecule has 0 saturated heterocycles. The lowest BCUT2D eigenvalue weighted by molar-refractivity contribution is -0.123. The average Bonchev–Trinajstić information content (AvgIpc) is 3.13. The van der Waals surface area contributed by atoms with Crippen LogP contribution in [0, 0.1) is 13.8 Å². The predicted octanol–water partition coefficient (Wildman–Crippen LogP) is 4.34. The van der Waals surface area contributed by atoms with E-state index in [9.17, 15) is 9.59 Å². The van der Waals surface area contributed by atoms with Gasteiger partial charge in [-0.15, -0.1) is 0 Å². The third kappa shape index (κ3) is 3.27. The van der Waals surface area contributed by atoms with Gasteiger partial charge in [0.1, 0.15) is 11.9 Å². The van der Waals surface area contributed by atoms with Crippen molar-refractivity contribution in [1.82, 2.24) is 9.78 Å². The van der Waals surface area contributed by atoms with Crippen molar-refractivity contribution in [1.29, 1.82) is 0 Å². The monoisotopic (exact) mass is 394 g/mol. The molecule has 28 heavy (non-hydrogen) atoms. The van der Waals surface area contributed by atoms with Crippen molar-refractivity contribution in [2.45, 2.75) is 26.3 Å². The number of nitrogens with one attached hydrogen (secondary N) is 2. The first-order valence-corrected chi connectivity index (χ1v) is 9.33. The van der Waals surface area contributed by atoms with Crippen LogP contribution in [0.2, 0.25) is 5.02 Å². The molecule has 1 aliphatic rings. The van der Waals surface area contributed by atoms with Crippen LogP contribution in [0.25, 0.3) is 11.1 Å². The summed E-state index contributed by atoms with van der Waals surface area (Å²) in [4.78, 5) is 25.1. The highest BCUT2D eigenvalue weighted by Crippen LogP contribution is 2.38. The predicted molar refractivity (Wildman–Crippen MR) is 110 cm³/mol. The Labute approximate surface area is 167 Å². The summed E-state index contributed by atoms with van der Waals surface area (Å²) in [7, 11) is 0. The maximum absolute atomic E-state index is 12.6. The molecule has 3 aromatic rings. The Bertz CT molecular complexity index is 1080. The number of anilines is 2. The fourth-order valence-electron chi connectivity index (χ4n) is 3.44. The topological polar surface area (TPSA) is 76.0 Å². The largest absolute Gasteiger partial charge is 0.326 e. The Hall–Kier alpha value is -3.12. The fourth-order valence-corrected chi connectivity index (χ4v) is 3.61. The van der Waals surface area contributed by atoms with Crippen LogP contribution in [-0.4, -0.2) is 21.6 Å². The number of rotatable bonds is 4. The van der Waals surface area contributed by atoms with E-state index < -0.39 is 6.04 Å². The summed E-state index contributed by atoms with van der Waals surface area (Å²) in [5.74, 6) is 0.121. The molecule has 6 nitrogen and oxygen atoms in total. The lowest BCUT2D eigenvalue weighted by Crippen LogP contribution is -2.24. The molecule has 0 saturated carbocycles. The maximum atomic E-state index is 12.6. The van der Waals surface area contributed by atoms with E-state index in [1.54, 1.807) is 16.8 Å². The molecule has 0 radical (unpaired) electrons. The van der Waals surface area contributed by atoms with E-state index in [1.165, 1.54) is 0 Å². The number of aromatic nitrogens is 2. The van der Waals surface area contributed by atoms with Gasteiger partial charge in [-0.1, -0.05) is 48.0 Å². The Morgan fingerprint density at radius 3 is 2.71 bits per heavy atom. The van der Waals surface area contributed by atoms with Crippen LogP contribution >= 0.6 is 11.6 Å². The Kier molecular flexibility index (Phi) is 4.65. The number of carbonyl (C=O) groups is 2. The summed E-state index contributed by atoms with van der Waals surface area (Å²) in [6.07, 6.45) is -0.0138. The number of hydrogen-bond donors (Lipinski definition) is 2. The maximum Gasteiger partial charge on any atom is 0.251 e. The highest BCUT2D eigenvalue weighted by molar-refractivity contribution is 6.31. The smallest absolute Gasteiger partial charge is 0.251 e. The molecule has 0 spiro atoms. The third-order valence-electron chi connectivity index (χ3n) is 4.84. The van der Waals surface area contributed by atoms with Crippen molar-refractivity contribution in [2.75, 3.05) is 10.6 Å². The quantitative estimate of drug-likeness (QED) is 0.691. The molecular weight excluding hydrogens is 376 g/mol. The molecule has 1 aliphatic heterocycles. The van der Waals surface area contributed by atoms with E-state index in [4.69, 9.17) is 11.6 Å². The van der Waals surface area contributed by atoms with Crippen LogP contribution in [0.3, 0.4) is 0 Å². The van der Waals surface area contributed by atoms with Gasteiger partial charge >= 0.3 is 0 Å². The van der Waals surface area contributed by atoms with Gasteiger partial charge in [0.2, 0.25) is 5.91 Å². The van der Waals surface area contributed by atoms with Crippen LogP contribution in [0.15, 0.2) is 48.5 Å². The Balaban J connectivity index is 1.59.